The smallest absolute Gasteiger partial charge is 0.0480 e. The van der Waals surface area contributed by atoms with E-state index in [4.69, 9.17) is 0 Å². The lowest BCUT2D eigenvalue weighted by Crippen LogP contribution is -1.98. The molecule has 0 unspecified atom stereocenters. The molecule has 0 aliphatic heterocycles. The number of aryl methyl sites for hydroxylation is 1. The molecule has 3 aromatic rings. The van der Waals surface area contributed by atoms with Gasteiger partial charge in [-0.15, -0.1) is 11.8 Å². The summed E-state index contributed by atoms with van der Waals surface area (Å²) >= 11 is 1.91. The molecule has 0 saturated heterocycles. The SMILES string of the molecule is c1ccc(SCCn2ccc3ccccc32)cc1. The summed E-state index contributed by atoms with van der Waals surface area (Å²) in [6, 6.07) is 21.3. The van der Waals surface area contributed by atoms with E-state index >= 15 is 0 Å². The summed E-state index contributed by atoms with van der Waals surface area (Å²) in [5.74, 6) is 1.10. The molecule has 1 heterocycles. The molecule has 0 aliphatic rings. The first-order valence-corrected chi connectivity index (χ1v) is 7.14. The highest BCUT2D eigenvalue weighted by Gasteiger charge is 1.99. The molecule has 0 bridgehead atoms. The van der Waals surface area contributed by atoms with Crippen molar-refractivity contribution in [1.82, 2.24) is 4.57 Å². The zero-order valence-corrected chi connectivity index (χ0v) is 10.9. The maximum atomic E-state index is 2.32. The van der Waals surface area contributed by atoms with Crippen molar-refractivity contribution in [1.29, 1.82) is 0 Å². The van der Waals surface area contributed by atoms with Crippen LogP contribution < -0.4 is 0 Å². The largest absolute Gasteiger partial charge is 0.347 e. The normalized spacial score (nSPS) is 10.9. The summed E-state index contributed by atoms with van der Waals surface area (Å²) in [6.07, 6.45) is 2.18. The highest BCUT2D eigenvalue weighted by Crippen LogP contribution is 2.19. The Morgan fingerprint density at radius 1 is 0.833 bits per heavy atom. The molecule has 90 valence electrons. The molecule has 0 spiro atoms. The van der Waals surface area contributed by atoms with Gasteiger partial charge in [0, 0.05) is 28.9 Å². The maximum Gasteiger partial charge on any atom is 0.0480 e. The van der Waals surface area contributed by atoms with E-state index in [-0.39, 0.29) is 0 Å². The van der Waals surface area contributed by atoms with Gasteiger partial charge in [0.05, 0.1) is 0 Å². The Balaban J connectivity index is 1.67. The van der Waals surface area contributed by atoms with Crippen molar-refractivity contribution in [2.75, 3.05) is 5.75 Å². The van der Waals surface area contributed by atoms with Crippen molar-refractivity contribution in [3.05, 3.63) is 66.9 Å². The molecule has 1 aromatic heterocycles. The molecule has 0 fully saturated rings. The van der Waals surface area contributed by atoms with Gasteiger partial charge in [-0.25, -0.2) is 0 Å². The third-order valence-electron chi connectivity index (χ3n) is 3.02. The third kappa shape index (κ3) is 2.44. The molecule has 3 rings (SSSR count). The van der Waals surface area contributed by atoms with Gasteiger partial charge in [0.15, 0.2) is 0 Å². The molecule has 1 nitrogen and oxygen atoms in total. The predicted octanol–water partition coefficient (Wildman–Crippen LogP) is 4.43. The lowest BCUT2D eigenvalue weighted by Gasteiger charge is -2.05. The first kappa shape index (κ1) is 11.4. The standard InChI is InChI=1S/C16H15NS/c1-2-7-15(8-3-1)18-13-12-17-11-10-14-6-4-5-9-16(14)17/h1-11H,12-13H2. The Morgan fingerprint density at radius 3 is 2.50 bits per heavy atom. The minimum atomic E-state index is 1.05. The van der Waals surface area contributed by atoms with Gasteiger partial charge in [0.25, 0.3) is 0 Å². The van der Waals surface area contributed by atoms with Crippen LogP contribution in [0.25, 0.3) is 10.9 Å². The van der Waals surface area contributed by atoms with E-state index < -0.39 is 0 Å². The fourth-order valence-electron chi connectivity index (χ4n) is 2.11. The van der Waals surface area contributed by atoms with Gasteiger partial charge in [0.1, 0.15) is 0 Å². The van der Waals surface area contributed by atoms with Gasteiger partial charge >= 0.3 is 0 Å². The number of rotatable bonds is 4. The Bertz CT molecular complexity index is 628. The van der Waals surface area contributed by atoms with Crippen LogP contribution in [0.1, 0.15) is 0 Å². The quantitative estimate of drug-likeness (QED) is 0.622. The van der Waals surface area contributed by atoms with Crippen molar-refractivity contribution >= 4 is 22.7 Å². The Kier molecular flexibility index (Phi) is 3.37. The number of para-hydroxylation sites is 1. The molecular weight excluding hydrogens is 238 g/mol. The molecule has 0 N–H and O–H groups in total. The zero-order chi connectivity index (χ0) is 12.2. The molecule has 18 heavy (non-hydrogen) atoms. The first-order chi connectivity index (χ1) is 8.93. The van der Waals surface area contributed by atoms with Gasteiger partial charge in [0.2, 0.25) is 0 Å². The van der Waals surface area contributed by atoms with E-state index in [0.717, 1.165) is 12.3 Å². The average Bonchev–Trinajstić information content (AvgIpc) is 2.84. The number of benzene rings is 2. The zero-order valence-electron chi connectivity index (χ0n) is 10.1. The lowest BCUT2D eigenvalue weighted by molar-refractivity contribution is 0.807. The van der Waals surface area contributed by atoms with E-state index in [0.29, 0.717) is 0 Å². The number of hydrogen-bond donors (Lipinski definition) is 0. The maximum absolute atomic E-state index is 2.32. The Hall–Kier alpha value is -1.67. The average molecular weight is 253 g/mol. The van der Waals surface area contributed by atoms with E-state index in [9.17, 15) is 0 Å². The minimum Gasteiger partial charge on any atom is -0.347 e. The monoisotopic (exact) mass is 253 g/mol. The second-order valence-corrected chi connectivity index (χ2v) is 5.40. The number of hydrogen-bond acceptors (Lipinski definition) is 1. The van der Waals surface area contributed by atoms with Crippen LogP contribution in [0.2, 0.25) is 0 Å². The van der Waals surface area contributed by atoms with Crippen molar-refractivity contribution in [3.8, 4) is 0 Å². The Morgan fingerprint density at radius 2 is 1.61 bits per heavy atom. The van der Waals surface area contributed by atoms with Crippen LogP contribution in [0, 0.1) is 0 Å². The van der Waals surface area contributed by atoms with E-state index in [1.807, 2.05) is 11.8 Å². The van der Waals surface area contributed by atoms with Gasteiger partial charge in [-0.2, -0.15) is 0 Å². The van der Waals surface area contributed by atoms with Crippen LogP contribution in [-0.4, -0.2) is 10.3 Å². The summed E-state index contributed by atoms with van der Waals surface area (Å²) in [7, 11) is 0. The molecule has 0 amide bonds. The number of fused-ring (bicyclic) bond motifs is 1. The summed E-state index contributed by atoms with van der Waals surface area (Å²) in [5, 5.41) is 1.32. The summed E-state index contributed by atoms with van der Waals surface area (Å²) in [5.41, 5.74) is 1.33. The number of nitrogens with zero attached hydrogens (tertiary/aromatic N) is 1. The second-order valence-electron chi connectivity index (χ2n) is 4.23. The third-order valence-corrected chi connectivity index (χ3v) is 4.02. The molecule has 2 aromatic carbocycles. The number of aromatic nitrogens is 1. The van der Waals surface area contributed by atoms with Crippen molar-refractivity contribution in [3.63, 3.8) is 0 Å². The fourth-order valence-corrected chi connectivity index (χ4v) is 2.99. The summed E-state index contributed by atoms with van der Waals surface area (Å²) in [4.78, 5) is 1.34. The predicted molar refractivity (Wildman–Crippen MR) is 79.1 cm³/mol. The number of thioether (sulfide) groups is 1. The second kappa shape index (κ2) is 5.32. The fraction of sp³-hybridized carbons (Fsp3) is 0.125. The van der Waals surface area contributed by atoms with E-state index in [1.165, 1.54) is 15.8 Å². The topological polar surface area (TPSA) is 4.93 Å². The van der Waals surface area contributed by atoms with Crippen molar-refractivity contribution in [2.45, 2.75) is 11.4 Å². The highest BCUT2D eigenvalue weighted by atomic mass is 32.2. The lowest BCUT2D eigenvalue weighted by atomic mass is 10.2. The van der Waals surface area contributed by atoms with Crippen LogP contribution >= 0.6 is 11.8 Å². The molecule has 2 heteroatoms. The van der Waals surface area contributed by atoms with Gasteiger partial charge in [-0.1, -0.05) is 36.4 Å². The van der Waals surface area contributed by atoms with Crippen LogP contribution in [0.3, 0.4) is 0 Å². The summed E-state index contributed by atoms with van der Waals surface area (Å²) < 4.78 is 2.32. The van der Waals surface area contributed by atoms with Gasteiger partial charge < -0.3 is 4.57 Å². The summed E-state index contributed by atoms with van der Waals surface area (Å²) in [6.45, 7) is 1.05. The molecule has 0 atom stereocenters. The first-order valence-electron chi connectivity index (χ1n) is 6.15. The molecule has 0 saturated carbocycles. The Labute approximate surface area is 111 Å². The molecule has 0 aliphatic carbocycles. The van der Waals surface area contributed by atoms with Crippen LogP contribution in [0.5, 0.6) is 0 Å². The highest BCUT2D eigenvalue weighted by molar-refractivity contribution is 7.99. The van der Waals surface area contributed by atoms with E-state index in [1.54, 1.807) is 0 Å². The van der Waals surface area contributed by atoms with Crippen molar-refractivity contribution in [2.24, 2.45) is 0 Å². The van der Waals surface area contributed by atoms with Crippen molar-refractivity contribution < 1.29 is 0 Å². The van der Waals surface area contributed by atoms with Crippen LogP contribution in [-0.2, 0) is 6.54 Å². The van der Waals surface area contributed by atoms with Gasteiger partial charge in [-0.05, 0) is 29.7 Å². The van der Waals surface area contributed by atoms with Crippen LogP contribution in [0.4, 0.5) is 0 Å². The van der Waals surface area contributed by atoms with Crippen LogP contribution in [0.15, 0.2) is 71.8 Å². The molecule has 0 radical (unpaired) electrons. The molecular formula is C16H15NS. The van der Waals surface area contributed by atoms with E-state index in [2.05, 4.69) is 71.4 Å². The van der Waals surface area contributed by atoms with Gasteiger partial charge in [-0.3, -0.25) is 0 Å². The minimum absolute atomic E-state index is 1.05.